The van der Waals surface area contributed by atoms with E-state index in [0.29, 0.717) is 25.6 Å². The molecule has 2 aliphatic rings. The highest BCUT2D eigenvalue weighted by atomic mass is 16.5. The molecule has 0 aromatic heterocycles. The Morgan fingerprint density at radius 1 is 1.20 bits per heavy atom. The van der Waals surface area contributed by atoms with Crippen LogP contribution in [0.5, 0.6) is 0 Å². The molecule has 1 saturated heterocycles. The maximum atomic E-state index is 12.2. The third-order valence-electron chi connectivity index (χ3n) is 4.39. The Labute approximate surface area is 119 Å². The molecule has 2 amide bonds. The number of urea groups is 1. The maximum Gasteiger partial charge on any atom is 0.317 e. The third-order valence-corrected chi connectivity index (χ3v) is 4.39. The van der Waals surface area contributed by atoms with Crippen molar-refractivity contribution in [2.75, 3.05) is 20.2 Å². The normalized spacial score (nSPS) is 30.9. The molecule has 114 valence electrons. The molecule has 2 rings (SSSR count). The van der Waals surface area contributed by atoms with Crippen molar-refractivity contribution in [3.8, 4) is 0 Å². The van der Waals surface area contributed by atoms with E-state index in [-0.39, 0.29) is 12.1 Å². The van der Waals surface area contributed by atoms with E-state index in [1.807, 2.05) is 0 Å². The highest BCUT2D eigenvalue weighted by molar-refractivity contribution is 5.76. The second-order valence-corrected chi connectivity index (χ2v) is 5.78. The van der Waals surface area contributed by atoms with Gasteiger partial charge in [0.1, 0.15) is 0 Å². The fraction of sp³-hybridized carbons (Fsp3) is 0.857. The highest BCUT2D eigenvalue weighted by Crippen LogP contribution is 2.22. The van der Waals surface area contributed by atoms with Crippen molar-refractivity contribution in [2.45, 2.75) is 50.7 Å². The first kappa shape index (κ1) is 15.1. The first-order valence-electron chi connectivity index (χ1n) is 7.41. The van der Waals surface area contributed by atoms with Crippen LogP contribution in [0.3, 0.4) is 0 Å². The molecule has 1 unspecified atom stereocenters. The number of nitrogens with zero attached hydrogens (tertiary/aromatic N) is 1. The molecule has 6 heteroatoms. The Morgan fingerprint density at radius 2 is 1.90 bits per heavy atom. The van der Waals surface area contributed by atoms with E-state index in [1.165, 1.54) is 0 Å². The lowest BCUT2D eigenvalue weighted by atomic mass is 9.93. The van der Waals surface area contributed by atoms with E-state index in [4.69, 9.17) is 9.84 Å². The van der Waals surface area contributed by atoms with Crippen LogP contribution < -0.4 is 5.32 Å². The molecule has 0 spiro atoms. The molecule has 6 nitrogen and oxygen atoms in total. The Kier molecular flexibility index (Phi) is 5.23. The monoisotopic (exact) mass is 284 g/mol. The van der Waals surface area contributed by atoms with E-state index in [0.717, 1.165) is 32.1 Å². The fourth-order valence-electron chi connectivity index (χ4n) is 3.07. The second kappa shape index (κ2) is 6.92. The van der Waals surface area contributed by atoms with Crippen LogP contribution in [0, 0.1) is 5.92 Å². The summed E-state index contributed by atoms with van der Waals surface area (Å²) in [6.07, 6.45) is 5.55. The number of carboxylic acids is 1. The van der Waals surface area contributed by atoms with Crippen molar-refractivity contribution in [3.63, 3.8) is 0 Å². The molecule has 2 N–H and O–H groups in total. The van der Waals surface area contributed by atoms with Gasteiger partial charge in [0.25, 0.3) is 0 Å². The van der Waals surface area contributed by atoms with Crippen LogP contribution in [-0.2, 0) is 9.53 Å². The van der Waals surface area contributed by atoms with Gasteiger partial charge in [-0.15, -0.1) is 0 Å². The average molecular weight is 284 g/mol. The summed E-state index contributed by atoms with van der Waals surface area (Å²) in [5.41, 5.74) is 0. The van der Waals surface area contributed by atoms with Gasteiger partial charge in [-0.3, -0.25) is 4.79 Å². The highest BCUT2D eigenvalue weighted by Gasteiger charge is 2.30. The molecule has 2 fully saturated rings. The number of hydrogen-bond acceptors (Lipinski definition) is 3. The SMILES string of the molecule is COC1CCC(NC(=O)N2CCCC(C(=O)O)C2)CC1. The summed E-state index contributed by atoms with van der Waals surface area (Å²) in [6, 6.07) is 0.0796. The van der Waals surface area contributed by atoms with Crippen LogP contribution >= 0.6 is 0 Å². The summed E-state index contributed by atoms with van der Waals surface area (Å²) in [5, 5.41) is 12.1. The number of likely N-dealkylation sites (tertiary alicyclic amines) is 1. The van der Waals surface area contributed by atoms with Crippen molar-refractivity contribution < 1.29 is 19.4 Å². The van der Waals surface area contributed by atoms with Crippen molar-refractivity contribution >= 4 is 12.0 Å². The van der Waals surface area contributed by atoms with Gasteiger partial charge in [0, 0.05) is 26.2 Å². The number of carbonyl (C=O) groups is 2. The summed E-state index contributed by atoms with van der Waals surface area (Å²) in [6.45, 7) is 0.984. The minimum Gasteiger partial charge on any atom is -0.481 e. The van der Waals surface area contributed by atoms with Gasteiger partial charge in [0.15, 0.2) is 0 Å². The Balaban J connectivity index is 1.78. The Bertz CT molecular complexity index is 353. The van der Waals surface area contributed by atoms with Crippen LogP contribution in [-0.4, -0.2) is 54.4 Å². The summed E-state index contributed by atoms with van der Waals surface area (Å²) < 4.78 is 5.31. The van der Waals surface area contributed by atoms with Gasteiger partial charge >= 0.3 is 12.0 Å². The van der Waals surface area contributed by atoms with Gasteiger partial charge in [-0.2, -0.15) is 0 Å². The lowest BCUT2D eigenvalue weighted by molar-refractivity contribution is -0.143. The van der Waals surface area contributed by atoms with E-state index >= 15 is 0 Å². The van der Waals surface area contributed by atoms with Crippen molar-refractivity contribution in [2.24, 2.45) is 5.92 Å². The number of carbonyl (C=O) groups excluding carboxylic acids is 1. The van der Waals surface area contributed by atoms with E-state index in [2.05, 4.69) is 5.32 Å². The van der Waals surface area contributed by atoms with Crippen LogP contribution in [0.4, 0.5) is 4.79 Å². The number of rotatable bonds is 3. The zero-order chi connectivity index (χ0) is 14.5. The Hall–Kier alpha value is -1.30. The van der Waals surface area contributed by atoms with Gasteiger partial charge in [-0.25, -0.2) is 4.79 Å². The smallest absolute Gasteiger partial charge is 0.317 e. The van der Waals surface area contributed by atoms with Gasteiger partial charge in [0.05, 0.1) is 12.0 Å². The minimum atomic E-state index is -0.803. The summed E-state index contributed by atoms with van der Waals surface area (Å²) in [4.78, 5) is 24.8. The molecule has 1 atom stereocenters. The van der Waals surface area contributed by atoms with Crippen LogP contribution in [0.15, 0.2) is 0 Å². The van der Waals surface area contributed by atoms with Crippen LogP contribution in [0.1, 0.15) is 38.5 Å². The largest absolute Gasteiger partial charge is 0.481 e. The standard InChI is InChI=1S/C14H24N2O4/c1-20-12-6-4-11(5-7-12)15-14(19)16-8-2-3-10(9-16)13(17)18/h10-12H,2-9H2,1H3,(H,15,19)(H,17,18). The molecule has 0 aromatic rings. The molecule has 1 heterocycles. The van der Waals surface area contributed by atoms with Crippen LogP contribution in [0.25, 0.3) is 0 Å². The second-order valence-electron chi connectivity index (χ2n) is 5.78. The minimum absolute atomic E-state index is 0.114. The quantitative estimate of drug-likeness (QED) is 0.822. The van der Waals surface area contributed by atoms with E-state index in [9.17, 15) is 9.59 Å². The zero-order valence-corrected chi connectivity index (χ0v) is 12.0. The number of carboxylic acid groups (broad SMARTS) is 1. The first-order valence-corrected chi connectivity index (χ1v) is 7.41. The van der Waals surface area contributed by atoms with Crippen molar-refractivity contribution in [3.05, 3.63) is 0 Å². The van der Waals surface area contributed by atoms with Gasteiger partial charge in [0.2, 0.25) is 0 Å². The maximum absolute atomic E-state index is 12.2. The topological polar surface area (TPSA) is 78.9 Å². The number of aliphatic carboxylic acids is 1. The first-order chi connectivity index (χ1) is 9.60. The van der Waals surface area contributed by atoms with Gasteiger partial charge in [-0.1, -0.05) is 0 Å². The molecule has 0 radical (unpaired) electrons. The molecule has 1 aliphatic carbocycles. The molecular formula is C14H24N2O4. The molecule has 0 bridgehead atoms. The predicted molar refractivity (Wildman–Crippen MR) is 73.5 cm³/mol. The summed E-state index contributed by atoms with van der Waals surface area (Å²) >= 11 is 0. The number of piperidine rings is 1. The van der Waals surface area contributed by atoms with Gasteiger partial charge < -0.3 is 20.1 Å². The van der Waals surface area contributed by atoms with Crippen molar-refractivity contribution in [1.82, 2.24) is 10.2 Å². The predicted octanol–water partition coefficient (Wildman–Crippen LogP) is 1.45. The lowest BCUT2D eigenvalue weighted by Gasteiger charge is -2.34. The number of nitrogens with one attached hydrogen (secondary N) is 1. The number of amides is 2. The van der Waals surface area contributed by atoms with E-state index in [1.54, 1.807) is 12.0 Å². The lowest BCUT2D eigenvalue weighted by Crippen LogP contribution is -2.50. The fourth-order valence-corrected chi connectivity index (χ4v) is 3.07. The Morgan fingerprint density at radius 3 is 2.50 bits per heavy atom. The molecular weight excluding hydrogens is 260 g/mol. The number of hydrogen-bond donors (Lipinski definition) is 2. The zero-order valence-electron chi connectivity index (χ0n) is 12.0. The van der Waals surface area contributed by atoms with Gasteiger partial charge in [-0.05, 0) is 38.5 Å². The summed E-state index contributed by atoms with van der Waals surface area (Å²) in [5.74, 6) is -1.22. The number of ether oxygens (including phenoxy) is 1. The van der Waals surface area contributed by atoms with E-state index < -0.39 is 11.9 Å². The third kappa shape index (κ3) is 3.85. The molecule has 20 heavy (non-hydrogen) atoms. The summed E-state index contributed by atoms with van der Waals surface area (Å²) in [7, 11) is 1.73. The molecule has 1 saturated carbocycles. The van der Waals surface area contributed by atoms with Crippen molar-refractivity contribution in [1.29, 1.82) is 0 Å². The number of methoxy groups -OCH3 is 1. The molecule has 1 aliphatic heterocycles. The molecule has 0 aromatic carbocycles. The average Bonchev–Trinajstić information content (AvgIpc) is 2.48. The van der Waals surface area contributed by atoms with Crippen LogP contribution in [0.2, 0.25) is 0 Å².